The molecule has 1 aliphatic rings. The van der Waals surface area contributed by atoms with E-state index in [9.17, 15) is 16.8 Å². The van der Waals surface area contributed by atoms with Gasteiger partial charge in [-0.15, -0.1) is 0 Å². The fraction of sp³-hybridized carbons (Fsp3) is 0.333. The van der Waals surface area contributed by atoms with Crippen LogP contribution in [0.15, 0.2) is 41.3 Å². The number of methoxy groups -OCH3 is 1. The van der Waals surface area contributed by atoms with Gasteiger partial charge in [-0.3, -0.25) is 9.03 Å². The summed E-state index contributed by atoms with van der Waals surface area (Å²) >= 11 is 0. The van der Waals surface area contributed by atoms with Crippen molar-refractivity contribution in [1.82, 2.24) is 0 Å². The molecule has 1 aliphatic heterocycles. The Labute approximate surface area is 160 Å². The summed E-state index contributed by atoms with van der Waals surface area (Å²) in [6.45, 7) is 3.93. The average molecular weight is 411 g/mol. The van der Waals surface area contributed by atoms with Crippen LogP contribution in [0.1, 0.15) is 17.5 Å². The Kier molecular flexibility index (Phi) is 5.09. The van der Waals surface area contributed by atoms with E-state index in [-0.39, 0.29) is 10.6 Å². The van der Waals surface area contributed by atoms with Crippen molar-refractivity contribution in [2.45, 2.75) is 25.2 Å². The molecule has 0 unspecified atom stereocenters. The van der Waals surface area contributed by atoms with Crippen LogP contribution in [0.3, 0.4) is 0 Å². The number of ether oxygens (including phenoxy) is 1. The van der Waals surface area contributed by atoms with Crippen LogP contribution in [0.25, 0.3) is 0 Å². The summed E-state index contributed by atoms with van der Waals surface area (Å²) in [7, 11) is -5.51. The zero-order valence-electron chi connectivity index (χ0n) is 15.4. The largest absolute Gasteiger partial charge is 0.496 e. The second kappa shape index (κ2) is 7.05. The first kappa shape index (κ1) is 19.5. The summed E-state index contributed by atoms with van der Waals surface area (Å²) < 4.78 is 58.6. The fourth-order valence-electron chi connectivity index (χ4n) is 3.11. The van der Waals surface area contributed by atoms with Gasteiger partial charge < -0.3 is 4.74 Å². The molecule has 7 nitrogen and oxygen atoms in total. The molecule has 2 aromatic carbocycles. The third kappa shape index (κ3) is 3.89. The highest BCUT2D eigenvalue weighted by Crippen LogP contribution is 2.29. The minimum Gasteiger partial charge on any atom is -0.496 e. The van der Waals surface area contributed by atoms with Crippen LogP contribution >= 0.6 is 0 Å². The van der Waals surface area contributed by atoms with Crippen LogP contribution in [-0.4, -0.2) is 36.2 Å². The smallest absolute Gasteiger partial charge is 0.262 e. The minimum atomic E-state index is -3.78. The topological polar surface area (TPSA) is 92.8 Å². The molecule has 146 valence electrons. The van der Waals surface area contributed by atoms with E-state index in [1.54, 1.807) is 50.2 Å². The highest BCUT2D eigenvalue weighted by atomic mass is 32.2. The summed E-state index contributed by atoms with van der Waals surface area (Å²) in [6.07, 6.45) is 0.590. The number of hydrogen-bond donors (Lipinski definition) is 1. The third-order valence-electron chi connectivity index (χ3n) is 4.49. The number of nitrogens with one attached hydrogen (secondary N) is 1. The monoisotopic (exact) mass is 410 g/mol. The standard InChI is InChI=1S/C18H22N2O5S2/c1-13-12-18(14(2)11-17(13)25-3)27(23,24)19-15-5-7-16(8-6-15)20-9-4-10-26(20,21)22/h5-8,11-12,19H,4,9-10H2,1-3H3. The number of aryl methyl sites for hydroxylation is 2. The van der Waals surface area contributed by atoms with Crippen molar-refractivity contribution >= 4 is 31.4 Å². The van der Waals surface area contributed by atoms with Crippen molar-refractivity contribution in [3.8, 4) is 5.75 Å². The van der Waals surface area contributed by atoms with Crippen LogP contribution in [-0.2, 0) is 20.0 Å². The maximum absolute atomic E-state index is 12.8. The Morgan fingerprint density at radius 1 is 1.07 bits per heavy atom. The molecule has 1 saturated heterocycles. The molecule has 27 heavy (non-hydrogen) atoms. The lowest BCUT2D eigenvalue weighted by atomic mass is 10.1. The van der Waals surface area contributed by atoms with E-state index in [1.807, 2.05) is 0 Å². The summed E-state index contributed by atoms with van der Waals surface area (Å²) in [4.78, 5) is 0.173. The molecule has 1 fully saturated rings. The van der Waals surface area contributed by atoms with Crippen molar-refractivity contribution in [2.24, 2.45) is 0 Å². The van der Waals surface area contributed by atoms with Crippen molar-refractivity contribution in [3.05, 3.63) is 47.5 Å². The first-order chi connectivity index (χ1) is 12.6. The molecule has 0 saturated carbocycles. The van der Waals surface area contributed by atoms with Crippen LogP contribution in [0, 0.1) is 13.8 Å². The van der Waals surface area contributed by atoms with Gasteiger partial charge in [0, 0.05) is 12.2 Å². The molecule has 1 N–H and O–H groups in total. The second-order valence-electron chi connectivity index (χ2n) is 6.48. The van der Waals surface area contributed by atoms with Gasteiger partial charge >= 0.3 is 0 Å². The molecule has 0 aliphatic carbocycles. The van der Waals surface area contributed by atoms with Crippen LogP contribution in [0.4, 0.5) is 11.4 Å². The van der Waals surface area contributed by atoms with E-state index in [4.69, 9.17) is 4.74 Å². The normalized spacial score (nSPS) is 16.3. The molecule has 1 heterocycles. The van der Waals surface area contributed by atoms with Crippen LogP contribution < -0.4 is 13.8 Å². The van der Waals surface area contributed by atoms with Crippen molar-refractivity contribution in [1.29, 1.82) is 0 Å². The zero-order valence-corrected chi connectivity index (χ0v) is 17.0. The number of benzene rings is 2. The number of sulfonamides is 2. The van der Waals surface area contributed by atoms with Gasteiger partial charge in [0.05, 0.1) is 23.4 Å². The van der Waals surface area contributed by atoms with E-state index >= 15 is 0 Å². The highest BCUT2D eigenvalue weighted by molar-refractivity contribution is 7.93. The lowest BCUT2D eigenvalue weighted by Gasteiger charge is -2.17. The number of nitrogens with zero attached hydrogens (tertiary/aromatic N) is 1. The average Bonchev–Trinajstić information content (AvgIpc) is 2.96. The molecular formula is C18H22N2O5S2. The van der Waals surface area contributed by atoms with E-state index < -0.39 is 20.0 Å². The van der Waals surface area contributed by atoms with Crippen LogP contribution in [0.2, 0.25) is 0 Å². The summed E-state index contributed by atoms with van der Waals surface area (Å²) in [5.41, 5.74) is 2.19. The summed E-state index contributed by atoms with van der Waals surface area (Å²) in [5, 5.41) is 0. The Morgan fingerprint density at radius 2 is 1.74 bits per heavy atom. The Balaban J connectivity index is 1.86. The third-order valence-corrected chi connectivity index (χ3v) is 7.88. The van der Waals surface area contributed by atoms with Gasteiger partial charge in [-0.2, -0.15) is 0 Å². The molecule has 0 spiro atoms. The van der Waals surface area contributed by atoms with E-state index in [2.05, 4.69) is 4.72 Å². The quantitative estimate of drug-likeness (QED) is 0.818. The molecule has 9 heteroatoms. The van der Waals surface area contributed by atoms with Crippen molar-refractivity contribution in [2.75, 3.05) is 28.4 Å². The molecule has 0 radical (unpaired) electrons. The molecule has 0 amide bonds. The molecule has 0 bridgehead atoms. The SMILES string of the molecule is COc1cc(C)c(S(=O)(=O)Nc2ccc(N3CCCS3(=O)=O)cc2)cc1C. The van der Waals surface area contributed by atoms with E-state index in [0.29, 0.717) is 35.7 Å². The Hall–Kier alpha value is -2.26. The molecule has 0 aromatic heterocycles. The lowest BCUT2D eigenvalue weighted by Crippen LogP contribution is -2.25. The van der Waals surface area contributed by atoms with Crippen molar-refractivity contribution in [3.63, 3.8) is 0 Å². The van der Waals surface area contributed by atoms with Gasteiger partial charge in [0.15, 0.2) is 0 Å². The zero-order chi connectivity index (χ0) is 19.8. The van der Waals surface area contributed by atoms with Gasteiger partial charge in [-0.1, -0.05) is 0 Å². The van der Waals surface area contributed by atoms with Gasteiger partial charge in [0.2, 0.25) is 10.0 Å². The van der Waals surface area contributed by atoms with Gasteiger partial charge in [0.25, 0.3) is 10.0 Å². The van der Waals surface area contributed by atoms with E-state index in [0.717, 1.165) is 5.56 Å². The summed E-state index contributed by atoms with van der Waals surface area (Å²) in [6, 6.07) is 9.59. The summed E-state index contributed by atoms with van der Waals surface area (Å²) in [5.74, 6) is 0.764. The predicted octanol–water partition coefficient (Wildman–Crippen LogP) is 2.65. The fourth-order valence-corrected chi connectivity index (χ4v) is 6.04. The molecule has 0 atom stereocenters. The molecule has 2 aromatic rings. The maximum atomic E-state index is 12.8. The number of rotatable bonds is 5. The highest BCUT2D eigenvalue weighted by Gasteiger charge is 2.28. The minimum absolute atomic E-state index is 0.136. The first-order valence-electron chi connectivity index (χ1n) is 8.42. The first-order valence-corrected chi connectivity index (χ1v) is 11.5. The second-order valence-corrected chi connectivity index (χ2v) is 10.1. The number of hydrogen-bond acceptors (Lipinski definition) is 5. The number of anilines is 2. The lowest BCUT2D eigenvalue weighted by molar-refractivity contribution is 0.411. The van der Waals surface area contributed by atoms with Gasteiger partial charge in [0.1, 0.15) is 5.75 Å². The van der Waals surface area contributed by atoms with Crippen LogP contribution in [0.5, 0.6) is 5.75 Å². The van der Waals surface area contributed by atoms with Gasteiger partial charge in [-0.25, -0.2) is 16.8 Å². The Bertz CT molecular complexity index is 1060. The molecule has 3 rings (SSSR count). The van der Waals surface area contributed by atoms with E-state index in [1.165, 1.54) is 11.4 Å². The maximum Gasteiger partial charge on any atom is 0.262 e. The van der Waals surface area contributed by atoms with Gasteiger partial charge in [-0.05, 0) is 67.8 Å². The Morgan fingerprint density at radius 3 is 2.30 bits per heavy atom. The molecular weight excluding hydrogens is 388 g/mol. The predicted molar refractivity (Wildman–Crippen MR) is 105 cm³/mol. The van der Waals surface area contributed by atoms with Crippen molar-refractivity contribution < 1.29 is 21.6 Å².